The van der Waals surface area contributed by atoms with Crippen molar-refractivity contribution in [1.29, 1.82) is 0 Å². The first-order valence-electron chi connectivity index (χ1n) is 7.11. The molecule has 1 saturated heterocycles. The van der Waals surface area contributed by atoms with Crippen molar-refractivity contribution in [2.24, 2.45) is 5.92 Å². The van der Waals surface area contributed by atoms with E-state index in [0.29, 0.717) is 18.9 Å². The quantitative estimate of drug-likeness (QED) is 0.830. The van der Waals surface area contributed by atoms with Crippen molar-refractivity contribution in [1.82, 2.24) is 9.80 Å². The Labute approximate surface area is 116 Å². The highest BCUT2D eigenvalue weighted by atomic mass is 16.2. The predicted molar refractivity (Wildman–Crippen MR) is 77.8 cm³/mol. The average molecular weight is 260 g/mol. The van der Waals surface area contributed by atoms with Crippen LogP contribution in [-0.4, -0.2) is 42.9 Å². The SMILES string of the molecule is CN1CCC(CC(=O)N(C)Cc2ccccc2)CC1. The van der Waals surface area contributed by atoms with Gasteiger partial charge in [0.1, 0.15) is 0 Å². The number of amides is 1. The zero-order valence-electron chi connectivity index (χ0n) is 12.0. The molecule has 0 bridgehead atoms. The summed E-state index contributed by atoms with van der Waals surface area (Å²) in [5.41, 5.74) is 1.20. The third-order valence-electron chi connectivity index (χ3n) is 3.99. The molecule has 0 spiro atoms. The third-order valence-corrected chi connectivity index (χ3v) is 3.99. The summed E-state index contributed by atoms with van der Waals surface area (Å²) in [5, 5.41) is 0. The predicted octanol–water partition coefficient (Wildman–Crippen LogP) is 2.38. The van der Waals surface area contributed by atoms with Gasteiger partial charge in [-0.05, 0) is 44.5 Å². The number of carbonyl (C=O) groups excluding carboxylic acids is 1. The smallest absolute Gasteiger partial charge is 0.222 e. The van der Waals surface area contributed by atoms with E-state index in [2.05, 4.69) is 24.1 Å². The van der Waals surface area contributed by atoms with E-state index in [0.717, 1.165) is 25.9 Å². The minimum Gasteiger partial charge on any atom is -0.341 e. The summed E-state index contributed by atoms with van der Waals surface area (Å²) in [6.07, 6.45) is 3.01. The number of piperidine rings is 1. The lowest BCUT2D eigenvalue weighted by Gasteiger charge is -2.29. The van der Waals surface area contributed by atoms with E-state index < -0.39 is 0 Å². The number of likely N-dealkylation sites (tertiary alicyclic amines) is 1. The summed E-state index contributed by atoms with van der Waals surface area (Å²) >= 11 is 0. The Morgan fingerprint density at radius 3 is 2.53 bits per heavy atom. The summed E-state index contributed by atoms with van der Waals surface area (Å²) in [7, 11) is 4.06. The summed E-state index contributed by atoms with van der Waals surface area (Å²) in [6.45, 7) is 2.97. The molecular weight excluding hydrogens is 236 g/mol. The number of hydrogen-bond acceptors (Lipinski definition) is 2. The van der Waals surface area contributed by atoms with Gasteiger partial charge in [-0.2, -0.15) is 0 Å². The topological polar surface area (TPSA) is 23.6 Å². The number of hydrogen-bond donors (Lipinski definition) is 0. The maximum absolute atomic E-state index is 12.2. The minimum absolute atomic E-state index is 0.276. The van der Waals surface area contributed by atoms with Crippen molar-refractivity contribution in [2.45, 2.75) is 25.8 Å². The molecule has 1 aliphatic heterocycles. The Hall–Kier alpha value is -1.35. The molecule has 3 nitrogen and oxygen atoms in total. The molecule has 0 atom stereocenters. The second-order valence-corrected chi connectivity index (χ2v) is 5.69. The molecule has 2 rings (SSSR count). The second kappa shape index (κ2) is 6.71. The first-order chi connectivity index (χ1) is 9.15. The zero-order valence-corrected chi connectivity index (χ0v) is 12.0. The van der Waals surface area contributed by atoms with E-state index in [1.165, 1.54) is 5.56 Å². The first kappa shape index (κ1) is 14.1. The van der Waals surface area contributed by atoms with Gasteiger partial charge in [0.05, 0.1) is 0 Å². The van der Waals surface area contributed by atoms with Crippen LogP contribution in [0.5, 0.6) is 0 Å². The van der Waals surface area contributed by atoms with Gasteiger partial charge in [-0.3, -0.25) is 4.79 Å². The van der Waals surface area contributed by atoms with Gasteiger partial charge in [-0.15, -0.1) is 0 Å². The lowest BCUT2D eigenvalue weighted by Crippen LogP contribution is -2.34. The maximum Gasteiger partial charge on any atom is 0.222 e. The normalized spacial score (nSPS) is 17.4. The molecule has 1 amide bonds. The van der Waals surface area contributed by atoms with Gasteiger partial charge >= 0.3 is 0 Å². The van der Waals surface area contributed by atoms with Crippen molar-refractivity contribution in [3.05, 3.63) is 35.9 Å². The van der Waals surface area contributed by atoms with Crippen LogP contribution < -0.4 is 0 Å². The van der Waals surface area contributed by atoms with Gasteiger partial charge in [0.2, 0.25) is 5.91 Å². The van der Waals surface area contributed by atoms with E-state index in [-0.39, 0.29) is 5.91 Å². The summed E-state index contributed by atoms with van der Waals surface area (Å²) < 4.78 is 0. The van der Waals surface area contributed by atoms with Gasteiger partial charge in [0.15, 0.2) is 0 Å². The Morgan fingerprint density at radius 2 is 1.89 bits per heavy atom. The molecule has 1 heterocycles. The Morgan fingerprint density at radius 1 is 1.26 bits per heavy atom. The van der Waals surface area contributed by atoms with Crippen molar-refractivity contribution in [2.75, 3.05) is 27.2 Å². The second-order valence-electron chi connectivity index (χ2n) is 5.69. The van der Waals surface area contributed by atoms with Gasteiger partial charge in [-0.1, -0.05) is 30.3 Å². The summed E-state index contributed by atoms with van der Waals surface area (Å²) in [5.74, 6) is 0.848. The fraction of sp³-hybridized carbons (Fsp3) is 0.562. The van der Waals surface area contributed by atoms with Crippen LogP contribution in [0.3, 0.4) is 0 Å². The van der Waals surface area contributed by atoms with Crippen LogP contribution in [0, 0.1) is 5.92 Å². The maximum atomic E-state index is 12.2. The highest BCUT2D eigenvalue weighted by Crippen LogP contribution is 2.20. The summed E-state index contributed by atoms with van der Waals surface area (Å²) in [6, 6.07) is 10.2. The lowest BCUT2D eigenvalue weighted by atomic mass is 9.93. The van der Waals surface area contributed by atoms with Crippen molar-refractivity contribution < 1.29 is 4.79 Å². The van der Waals surface area contributed by atoms with Crippen LogP contribution in [0.2, 0.25) is 0 Å². The molecule has 19 heavy (non-hydrogen) atoms. The number of nitrogens with zero attached hydrogens (tertiary/aromatic N) is 2. The Kier molecular flexibility index (Phi) is 4.97. The van der Waals surface area contributed by atoms with E-state index >= 15 is 0 Å². The number of benzene rings is 1. The van der Waals surface area contributed by atoms with Gasteiger partial charge < -0.3 is 9.80 Å². The fourth-order valence-corrected chi connectivity index (χ4v) is 2.61. The van der Waals surface area contributed by atoms with E-state index in [1.54, 1.807) is 0 Å². The molecule has 3 heteroatoms. The highest BCUT2D eigenvalue weighted by molar-refractivity contribution is 5.76. The van der Waals surface area contributed by atoms with Crippen LogP contribution in [0.15, 0.2) is 30.3 Å². The Balaban J connectivity index is 1.79. The summed E-state index contributed by atoms with van der Waals surface area (Å²) in [4.78, 5) is 16.4. The van der Waals surface area contributed by atoms with Crippen LogP contribution in [0.4, 0.5) is 0 Å². The molecule has 1 aromatic carbocycles. The largest absolute Gasteiger partial charge is 0.341 e. The monoisotopic (exact) mass is 260 g/mol. The van der Waals surface area contributed by atoms with Crippen LogP contribution in [0.1, 0.15) is 24.8 Å². The number of carbonyl (C=O) groups is 1. The van der Waals surface area contributed by atoms with Crippen molar-refractivity contribution in [3.63, 3.8) is 0 Å². The zero-order chi connectivity index (χ0) is 13.7. The molecule has 1 fully saturated rings. The average Bonchev–Trinajstić information content (AvgIpc) is 2.42. The molecule has 1 aromatic rings. The molecule has 0 saturated carbocycles. The molecule has 1 aliphatic rings. The minimum atomic E-state index is 0.276. The fourth-order valence-electron chi connectivity index (χ4n) is 2.61. The van der Waals surface area contributed by atoms with Gasteiger partial charge in [0.25, 0.3) is 0 Å². The van der Waals surface area contributed by atoms with Crippen molar-refractivity contribution in [3.8, 4) is 0 Å². The van der Waals surface area contributed by atoms with E-state index in [9.17, 15) is 4.79 Å². The van der Waals surface area contributed by atoms with E-state index in [1.807, 2.05) is 30.1 Å². The van der Waals surface area contributed by atoms with Gasteiger partial charge in [0, 0.05) is 20.0 Å². The lowest BCUT2D eigenvalue weighted by molar-refractivity contribution is -0.131. The number of rotatable bonds is 4. The first-order valence-corrected chi connectivity index (χ1v) is 7.11. The van der Waals surface area contributed by atoms with Crippen LogP contribution >= 0.6 is 0 Å². The molecule has 104 valence electrons. The molecule has 0 radical (unpaired) electrons. The molecule has 0 aromatic heterocycles. The third kappa shape index (κ3) is 4.35. The molecule has 0 aliphatic carbocycles. The van der Waals surface area contributed by atoms with Crippen LogP contribution in [-0.2, 0) is 11.3 Å². The molecule has 0 N–H and O–H groups in total. The highest BCUT2D eigenvalue weighted by Gasteiger charge is 2.21. The van der Waals surface area contributed by atoms with E-state index in [4.69, 9.17) is 0 Å². The standard InChI is InChI=1S/C16H24N2O/c1-17-10-8-14(9-11-17)12-16(19)18(2)13-15-6-4-3-5-7-15/h3-7,14H,8-13H2,1-2H3. The molecular formula is C16H24N2O. The van der Waals surface area contributed by atoms with Crippen LogP contribution in [0.25, 0.3) is 0 Å². The Bertz CT molecular complexity index is 396. The van der Waals surface area contributed by atoms with Gasteiger partial charge in [-0.25, -0.2) is 0 Å². The van der Waals surface area contributed by atoms with Crippen molar-refractivity contribution >= 4 is 5.91 Å². The molecule has 0 unspecified atom stereocenters.